The van der Waals surface area contributed by atoms with Crippen molar-refractivity contribution in [3.63, 3.8) is 0 Å². The van der Waals surface area contributed by atoms with Gasteiger partial charge in [0.25, 0.3) is 0 Å². The lowest BCUT2D eigenvalue weighted by molar-refractivity contribution is 0.420. The molecule has 1 N–H and O–H groups in total. The zero-order valence-electron chi connectivity index (χ0n) is 9.47. The van der Waals surface area contributed by atoms with Crippen molar-refractivity contribution in [2.45, 2.75) is 0 Å². The maximum atomic E-state index is 9.58. The molecule has 2 heteroatoms. The van der Waals surface area contributed by atoms with E-state index in [0.717, 1.165) is 27.3 Å². The third-order valence-corrected chi connectivity index (χ3v) is 3.04. The zero-order chi connectivity index (χ0) is 11.8. The van der Waals surface area contributed by atoms with Gasteiger partial charge in [-0.25, -0.2) is 0 Å². The van der Waals surface area contributed by atoms with Crippen molar-refractivity contribution in [3.05, 3.63) is 48.5 Å². The highest BCUT2D eigenvalue weighted by Crippen LogP contribution is 2.32. The standard InChI is InChI=1S/C15H12O2/c1-17-15-4-2-3-12-13(15)8-6-10-5-7-11(16)9-14(10)12/h2-9,16H,1H3. The quantitative estimate of drug-likeness (QED) is 0.638. The molecule has 0 saturated carbocycles. The molecule has 0 atom stereocenters. The first kappa shape index (κ1) is 9.97. The van der Waals surface area contributed by atoms with Crippen molar-refractivity contribution in [2.24, 2.45) is 0 Å². The third-order valence-electron chi connectivity index (χ3n) is 3.04. The number of phenols is 1. The number of rotatable bonds is 1. The molecule has 0 heterocycles. The van der Waals surface area contributed by atoms with Crippen molar-refractivity contribution < 1.29 is 9.84 Å². The fourth-order valence-corrected chi connectivity index (χ4v) is 2.22. The van der Waals surface area contributed by atoms with Gasteiger partial charge in [0, 0.05) is 5.39 Å². The molecule has 3 aromatic carbocycles. The highest BCUT2D eigenvalue weighted by Gasteiger charge is 2.05. The van der Waals surface area contributed by atoms with Gasteiger partial charge in [-0.05, 0) is 34.4 Å². The second-order valence-electron chi connectivity index (χ2n) is 4.03. The Morgan fingerprint density at radius 1 is 0.882 bits per heavy atom. The lowest BCUT2D eigenvalue weighted by Gasteiger charge is -2.08. The number of phenolic OH excluding ortho intramolecular Hbond substituents is 1. The van der Waals surface area contributed by atoms with E-state index in [4.69, 9.17) is 4.74 Å². The van der Waals surface area contributed by atoms with Gasteiger partial charge in [0.05, 0.1) is 7.11 Å². The number of fused-ring (bicyclic) bond motifs is 3. The smallest absolute Gasteiger partial charge is 0.126 e. The minimum atomic E-state index is 0.285. The van der Waals surface area contributed by atoms with Crippen LogP contribution in [0.2, 0.25) is 0 Å². The molecule has 0 bridgehead atoms. The molecule has 0 radical (unpaired) electrons. The summed E-state index contributed by atoms with van der Waals surface area (Å²) in [6, 6.07) is 15.4. The van der Waals surface area contributed by atoms with E-state index in [1.54, 1.807) is 19.2 Å². The van der Waals surface area contributed by atoms with Gasteiger partial charge < -0.3 is 9.84 Å². The Kier molecular flexibility index (Phi) is 2.15. The minimum Gasteiger partial charge on any atom is -0.508 e. The average Bonchev–Trinajstić information content (AvgIpc) is 2.37. The van der Waals surface area contributed by atoms with Crippen LogP contribution in [0, 0.1) is 0 Å². The number of aromatic hydroxyl groups is 1. The monoisotopic (exact) mass is 224 g/mol. The summed E-state index contributed by atoms with van der Waals surface area (Å²) in [5.74, 6) is 1.14. The van der Waals surface area contributed by atoms with E-state index in [-0.39, 0.29) is 5.75 Å². The van der Waals surface area contributed by atoms with Gasteiger partial charge in [-0.15, -0.1) is 0 Å². The Bertz CT molecular complexity index is 702. The average molecular weight is 224 g/mol. The molecule has 0 aliphatic carbocycles. The summed E-state index contributed by atoms with van der Waals surface area (Å²) in [6.07, 6.45) is 0. The Morgan fingerprint density at radius 3 is 2.53 bits per heavy atom. The molecule has 0 spiro atoms. The van der Waals surface area contributed by atoms with Gasteiger partial charge in [0.1, 0.15) is 11.5 Å². The van der Waals surface area contributed by atoms with E-state index in [9.17, 15) is 5.11 Å². The first-order valence-corrected chi connectivity index (χ1v) is 5.48. The van der Waals surface area contributed by atoms with Crippen molar-refractivity contribution in [2.75, 3.05) is 7.11 Å². The molecule has 0 amide bonds. The van der Waals surface area contributed by atoms with Gasteiger partial charge in [0.15, 0.2) is 0 Å². The van der Waals surface area contributed by atoms with Gasteiger partial charge in [0.2, 0.25) is 0 Å². The molecule has 3 rings (SSSR count). The molecule has 0 fully saturated rings. The van der Waals surface area contributed by atoms with Crippen molar-refractivity contribution in [1.29, 1.82) is 0 Å². The van der Waals surface area contributed by atoms with Crippen LogP contribution in [0.5, 0.6) is 11.5 Å². The number of hydrogen-bond donors (Lipinski definition) is 1. The first-order valence-electron chi connectivity index (χ1n) is 5.48. The summed E-state index contributed by atoms with van der Waals surface area (Å²) >= 11 is 0. The molecular weight excluding hydrogens is 212 g/mol. The second kappa shape index (κ2) is 3.67. The van der Waals surface area contributed by atoms with Crippen LogP contribution >= 0.6 is 0 Å². The molecular formula is C15H12O2. The summed E-state index contributed by atoms with van der Waals surface area (Å²) in [5.41, 5.74) is 0. The lowest BCUT2D eigenvalue weighted by atomic mass is 10.0. The van der Waals surface area contributed by atoms with Crippen LogP contribution in [-0.4, -0.2) is 12.2 Å². The van der Waals surface area contributed by atoms with Crippen LogP contribution in [0.4, 0.5) is 0 Å². The van der Waals surface area contributed by atoms with Crippen molar-refractivity contribution >= 4 is 21.5 Å². The largest absolute Gasteiger partial charge is 0.508 e. The van der Waals surface area contributed by atoms with Crippen LogP contribution < -0.4 is 4.74 Å². The van der Waals surface area contributed by atoms with Crippen molar-refractivity contribution in [3.8, 4) is 11.5 Å². The van der Waals surface area contributed by atoms with Crippen LogP contribution in [0.25, 0.3) is 21.5 Å². The summed E-state index contributed by atoms with van der Waals surface area (Å²) in [6.45, 7) is 0. The minimum absolute atomic E-state index is 0.285. The SMILES string of the molecule is COc1cccc2c1ccc1ccc(O)cc12. The van der Waals surface area contributed by atoms with Gasteiger partial charge >= 0.3 is 0 Å². The van der Waals surface area contributed by atoms with Gasteiger partial charge in [-0.1, -0.05) is 30.3 Å². The van der Waals surface area contributed by atoms with E-state index in [2.05, 4.69) is 0 Å². The van der Waals surface area contributed by atoms with Crippen LogP contribution in [0.3, 0.4) is 0 Å². The molecule has 84 valence electrons. The van der Waals surface area contributed by atoms with E-state index < -0.39 is 0 Å². The first-order chi connectivity index (χ1) is 8.29. The predicted molar refractivity (Wildman–Crippen MR) is 69.7 cm³/mol. The molecule has 0 saturated heterocycles. The fourth-order valence-electron chi connectivity index (χ4n) is 2.22. The summed E-state index contributed by atoms with van der Waals surface area (Å²) < 4.78 is 5.34. The predicted octanol–water partition coefficient (Wildman–Crippen LogP) is 3.71. The maximum absolute atomic E-state index is 9.58. The van der Waals surface area contributed by atoms with Crippen molar-refractivity contribution in [1.82, 2.24) is 0 Å². The highest BCUT2D eigenvalue weighted by molar-refractivity contribution is 6.09. The summed E-state index contributed by atoms with van der Waals surface area (Å²) in [7, 11) is 1.67. The third kappa shape index (κ3) is 1.49. The Hall–Kier alpha value is -2.22. The van der Waals surface area contributed by atoms with Crippen LogP contribution in [0.15, 0.2) is 48.5 Å². The molecule has 0 aliphatic heterocycles. The van der Waals surface area contributed by atoms with E-state index in [1.807, 2.05) is 36.4 Å². The van der Waals surface area contributed by atoms with Crippen LogP contribution in [0.1, 0.15) is 0 Å². The number of ether oxygens (including phenoxy) is 1. The van der Waals surface area contributed by atoms with E-state index in [1.165, 1.54) is 0 Å². The van der Waals surface area contributed by atoms with Crippen LogP contribution in [-0.2, 0) is 0 Å². The maximum Gasteiger partial charge on any atom is 0.126 e. The normalized spacial score (nSPS) is 10.9. The zero-order valence-corrected chi connectivity index (χ0v) is 9.47. The van der Waals surface area contributed by atoms with Gasteiger partial charge in [-0.3, -0.25) is 0 Å². The van der Waals surface area contributed by atoms with Gasteiger partial charge in [-0.2, -0.15) is 0 Å². The van der Waals surface area contributed by atoms with E-state index >= 15 is 0 Å². The number of hydrogen-bond acceptors (Lipinski definition) is 2. The highest BCUT2D eigenvalue weighted by atomic mass is 16.5. The summed E-state index contributed by atoms with van der Waals surface area (Å²) in [4.78, 5) is 0. The molecule has 17 heavy (non-hydrogen) atoms. The molecule has 0 aliphatic rings. The lowest BCUT2D eigenvalue weighted by Crippen LogP contribution is -1.85. The molecule has 3 aromatic rings. The Morgan fingerprint density at radius 2 is 1.71 bits per heavy atom. The fraction of sp³-hybridized carbons (Fsp3) is 0.0667. The molecule has 0 unspecified atom stereocenters. The molecule has 2 nitrogen and oxygen atoms in total. The second-order valence-corrected chi connectivity index (χ2v) is 4.03. The van der Waals surface area contributed by atoms with E-state index in [0.29, 0.717) is 0 Å². The Balaban J connectivity index is 2.51. The molecule has 0 aromatic heterocycles. The topological polar surface area (TPSA) is 29.5 Å². The number of benzene rings is 3. The summed E-state index contributed by atoms with van der Waals surface area (Å²) in [5, 5.41) is 13.9. The Labute approximate surface area is 99.1 Å². The number of methoxy groups -OCH3 is 1.